The lowest BCUT2D eigenvalue weighted by Crippen LogP contribution is -3.00. The zero-order chi connectivity index (χ0) is 19.1. The van der Waals surface area contributed by atoms with Gasteiger partial charge in [-0.1, -0.05) is 54.2 Å². The molecule has 0 fully saturated rings. The van der Waals surface area contributed by atoms with Crippen molar-refractivity contribution in [3.8, 4) is 0 Å². The van der Waals surface area contributed by atoms with Gasteiger partial charge in [0.2, 0.25) is 11.2 Å². The summed E-state index contributed by atoms with van der Waals surface area (Å²) in [6, 6.07) is 26.3. The van der Waals surface area contributed by atoms with Gasteiger partial charge in [-0.15, -0.1) is 0 Å². The SMILES string of the molecule is CCN1C(=Cc2ccc3ccccc3[n+]2CC)Sc2c1ccc1ccccc21.[Cl-]. The minimum atomic E-state index is 0. The molecule has 0 aliphatic carbocycles. The van der Waals surface area contributed by atoms with E-state index in [4.69, 9.17) is 0 Å². The molecule has 1 aliphatic rings. The molecule has 4 heteroatoms. The predicted molar refractivity (Wildman–Crippen MR) is 121 cm³/mol. The molecule has 0 saturated carbocycles. The Labute approximate surface area is 182 Å². The molecule has 4 aromatic rings. The highest BCUT2D eigenvalue weighted by Crippen LogP contribution is 2.49. The molecule has 146 valence electrons. The highest BCUT2D eigenvalue weighted by Gasteiger charge is 2.27. The van der Waals surface area contributed by atoms with Gasteiger partial charge < -0.3 is 17.3 Å². The minimum Gasteiger partial charge on any atom is -1.00 e. The van der Waals surface area contributed by atoms with Crippen molar-refractivity contribution >= 4 is 45.2 Å². The van der Waals surface area contributed by atoms with Crippen LogP contribution in [0.3, 0.4) is 0 Å². The number of hydrogen-bond donors (Lipinski definition) is 0. The van der Waals surface area contributed by atoms with Gasteiger partial charge in [0.1, 0.15) is 6.54 Å². The number of anilines is 1. The van der Waals surface area contributed by atoms with E-state index in [0.29, 0.717) is 0 Å². The van der Waals surface area contributed by atoms with Crippen LogP contribution < -0.4 is 21.9 Å². The number of benzene rings is 3. The Kier molecular flexibility index (Phi) is 5.53. The minimum absolute atomic E-state index is 0. The molecule has 0 unspecified atom stereocenters. The monoisotopic (exact) mass is 418 g/mol. The molecule has 0 atom stereocenters. The number of halogens is 1. The number of nitrogens with zero attached hydrogens (tertiary/aromatic N) is 2. The fraction of sp³-hybridized carbons (Fsp3) is 0.160. The van der Waals surface area contributed by atoms with E-state index in [9.17, 15) is 0 Å². The zero-order valence-electron chi connectivity index (χ0n) is 16.6. The summed E-state index contributed by atoms with van der Waals surface area (Å²) in [6.45, 7) is 6.36. The summed E-state index contributed by atoms with van der Waals surface area (Å²) in [4.78, 5) is 3.80. The molecule has 0 amide bonds. The molecule has 5 rings (SSSR count). The molecule has 0 N–H and O–H groups in total. The first-order chi connectivity index (χ1) is 13.8. The van der Waals surface area contributed by atoms with Crippen molar-refractivity contribution in [1.29, 1.82) is 0 Å². The van der Waals surface area contributed by atoms with Crippen LogP contribution in [0.25, 0.3) is 27.8 Å². The van der Waals surface area contributed by atoms with E-state index in [1.54, 1.807) is 0 Å². The first kappa shape index (κ1) is 19.8. The van der Waals surface area contributed by atoms with Crippen molar-refractivity contribution in [3.63, 3.8) is 0 Å². The molecule has 3 aromatic carbocycles. The fourth-order valence-corrected chi connectivity index (χ4v) is 5.45. The molecule has 29 heavy (non-hydrogen) atoms. The highest BCUT2D eigenvalue weighted by molar-refractivity contribution is 8.04. The third kappa shape index (κ3) is 3.29. The molecular weight excluding hydrogens is 396 g/mol. The average Bonchev–Trinajstić information content (AvgIpc) is 3.11. The van der Waals surface area contributed by atoms with E-state index in [2.05, 4.69) is 102 Å². The van der Waals surface area contributed by atoms with Crippen molar-refractivity contribution in [2.24, 2.45) is 0 Å². The van der Waals surface area contributed by atoms with E-state index in [1.807, 2.05) is 11.8 Å². The summed E-state index contributed by atoms with van der Waals surface area (Å²) in [5, 5.41) is 5.23. The van der Waals surface area contributed by atoms with Crippen LogP contribution in [0.1, 0.15) is 19.5 Å². The van der Waals surface area contributed by atoms with Crippen molar-refractivity contribution < 1.29 is 17.0 Å². The first-order valence-electron chi connectivity index (χ1n) is 9.90. The van der Waals surface area contributed by atoms with Gasteiger partial charge in [0.15, 0.2) is 0 Å². The van der Waals surface area contributed by atoms with Gasteiger partial charge >= 0.3 is 0 Å². The second kappa shape index (κ2) is 8.10. The number of para-hydroxylation sites is 1. The largest absolute Gasteiger partial charge is 1.00 e. The summed E-state index contributed by atoms with van der Waals surface area (Å²) in [7, 11) is 0. The lowest BCUT2D eigenvalue weighted by molar-refractivity contribution is -0.669. The van der Waals surface area contributed by atoms with Crippen LogP contribution in [-0.4, -0.2) is 6.54 Å². The van der Waals surface area contributed by atoms with E-state index in [-0.39, 0.29) is 12.4 Å². The number of aromatic nitrogens is 1. The van der Waals surface area contributed by atoms with Crippen molar-refractivity contribution in [2.45, 2.75) is 25.3 Å². The third-order valence-corrected chi connectivity index (χ3v) is 6.68. The molecule has 1 aromatic heterocycles. The first-order valence-corrected chi connectivity index (χ1v) is 10.7. The Morgan fingerprint density at radius 2 is 1.59 bits per heavy atom. The quantitative estimate of drug-likeness (QED) is 0.471. The van der Waals surface area contributed by atoms with E-state index < -0.39 is 0 Å². The normalized spacial score (nSPS) is 14.4. The number of aryl methyl sites for hydroxylation is 1. The van der Waals surface area contributed by atoms with Crippen molar-refractivity contribution in [1.82, 2.24) is 0 Å². The van der Waals surface area contributed by atoms with Gasteiger partial charge in [-0.2, -0.15) is 4.57 Å². The van der Waals surface area contributed by atoms with Gasteiger partial charge in [-0.05, 0) is 42.8 Å². The Morgan fingerprint density at radius 1 is 0.862 bits per heavy atom. The molecular formula is C25H23ClN2S. The number of rotatable bonds is 3. The fourth-order valence-electron chi connectivity index (χ4n) is 4.15. The average molecular weight is 419 g/mol. The number of fused-ring (bicyclic) bond motifs is 4. The number of thioether (sulfide) groups is 1. The topological polar surface area (TPSA) is 7.12 Å². The Hall–Kier alpha value is -2.49. The summed E-state index contributed by atoms with van der Waals surface area (Å²) in [5.41, 5.74) is 3.86. The van der Waals surface area contributed by atoms with Gasteiger partial charge in [0.05, 0.1) is 10.7 Å². The van der Waals surface area contributed by atoms with Gasteiger partial charge in [0.25, 0.3) is 0 Å². The van der Waals surface area contributed by atoms with Gasteiger partial charge in [-0.25, -0.2) is 0 Å². The van der Waals surface area contributed by atoms with Crippen LogP contribution in [0.15, 0.2) is 82.7 Å². The summed E-state index contributed by atoms with van der Waals surface area (Å²) in [6.07, 6.45) is 2.35. The molecule has 0 saturated heterocycles. The Morgan fingerprint density at radius 3 is 2.38 bits per heavy atom. The Balaban J connectivity index is 0.00000205. The van der Waals surface area contributed by atoms with Gasteiger partial charge in [0, 0.05) is 35.0 Å². The number of hydrogen-bond acceptors (Lipinski definition) is 2. The summed E-state index contributed by atoms with van der Waals surface area (Å²) in [5.74, 6) is 0. The Bertz CT molecular complexity index is 1230. The van der Waals surface area contributed by atoms with Crippen LogP contribution in [0.5, 0.6) is 0 Å². The molecule has 0 radical (unpaired) electrons. The summed E-state index contributed by atoms with van der Waals surface area (Å²) >= 11 is 1.89. The second-order valence-electron chi connectivity index (χ2n) is 7.03. The lowest BCUT2D eigenvalue weighted by Gasteiger charge is -2.18. The van der Waals surface area contributed by atoms with Crippen LogP contribution in [0.2, 0.25) is 0 Å². The standard InChI is InChI=1S/C25H23N2S.ClH/c1-3-26-20(15-13-19-10-6-8-12-22(19)26)17-24-27(4-2)23-16-14-18-9-5-7-11-21(18)25(23)28-24;/h5-17H,3-4H2,1-2H3;1H/q+1;/p-1. The zero-order valence-corrected chi connectivity index (χ0v) is 18.2. The van der Waals surface area contributed by atoms with Crippen LogP contribution in [0.4, 0.5) is 5.69 Å². The van der Waals surface area contributed by atoms with Crippen LogP contribution in [-0.2, 0) is 6.54 Å². The van der Waals surface area contributed by atoms with Crippen molar-refractivity contribution in [2.75, 3.05) is 11.4 Å². The van der Waals surface area contributed by atoms with Crippen LogP contribution in [0, 0.1) is 0 Å². The molecule has 0 bridgehead atoms. The maximum Gasteiger partial charge on any atom is 0.212 e. The lowest BCUT2D eigenvalue weighted by atomic mass is 10.1. The van der Waals surface area contributed by atoms with Crippen molar-refractivity contribution in [3.05, 3.63) is 83.5 Å². The van der Waals surface area contributed by atoms with Gasteiger partial charge in [-0.3, -0.25) is 0 Å². The maximum atomic E-state index is 2.43. The van der Waals surface area contributed by atoms with E-state index >= 15 is 0 Å². The predicted octanol–water partition coefficient (Wildman–Crippen LogP) is 3.24. The number of pyridine rings is 1. The molecule has 2 heterocycles. The maximum absolute atomic E-state index is 2.43. The smallest absolute Gasteiger partial charge is 0.212 e. The van der Waals surface area contributed by atoms with E-state index in [0.717, 1.165) is 13.1 Å². The molecule has 2 nitrogen and oxygen atoms in total. The van der Waals surface area contributed by atoms with E-state index in [1.165, 1.54) is 43.0 Å². The second-order valence-corrected chi connectivity index (χ2v) is 8.06. The van der Waals surface area contributed by atoms with Crippen LogP contribution >= 0.6 is 11.8 Å². The third-order valence-electron chi connectivity index (χ3n) is 5.50. The molecule has 1 aliphatic heterocycles. The highest BCUT2D eigenvalue weighted by atomic mass is 35.5. The summed E-state index contributed by atoms with van der Waals surface area (Å²) < 4.78 is 2.40. The molecule has 0 spiro atoms.